The number of aromatic amines is 1. The average molecular weight is 588 g/mol. The molecule has 2 aliphatic heterocycles. The number of aliphatic hydroxyl groups is 1. The van der Waals surface area contributed by atoms with Gasteiger partial charge >= 0.3 is 19.4 Å². The fourth-order valence-electron chi connectivity index (χ4n) is 4.65. The molecule has 41 heavy (non-hydrogen) atoms. The smallest absolute Gasteiger partial charge is 0.459 e. The lowest BCUT2D eigenvalue weighted by Gasteiger charge is -2.44. The van der Waals surface area contributed by atoms with Crippen molar-refractivity contribution in [2.75, 3.05) is 13.2 Å². The maximum absolute atomic E-state index is 13.9. The first-order chi connectivity index (χ1) is 19.7. The van der Waals surface area contributed by atoms with E-state index in [1.807, 2.05) is 18.2 Å². The van der Waals surface area contributed by atoms with E-state index < -0.39 is 61.7 Å². The number of carbonyl (C=O) groups excluding carboxylic acids is 1. The minimum atomic E-state index is -4.26. The Hall–Kier alpha value is -3.58. The van der Waals surface area contributed by atoms with Gasteiger partial charge in [-0.2, -0.15) is 5.09 Å². The van der Waals surface area contributed by atoms with Crippen molar-refractivity contribution >= 4 is 13.7 Å². The zero-order valence-corrected chi connectivity index (χ0v) is 23.0. The molecule has 2 aromatic carbocycles. The quantitative estimate of drug-likeness (QED) is 0.221. The number of hydrogen-bond donors (Lipinski definition) is 3. The van der Waals surface area contributed by atoms with Crippen LogP contribution in [0, 0.1) is 0 Å². The number of hydrogen-bond acceptors (Lipinski definition) is 10. The molecule has 1 spiro atoms. The van der Waals surface area contributed by atoms with Gasteiger partial charge in [0.2, 0.25) is 0 Å². The molecular weight excluding hydrogens is 557 g/mol. The molecule has 2 saturated heterocycles. The molecule has 14 heteroatoms. The first-order valence-corrected chi connectivity index (χ1v) is 14.5. The molecule has 1 aromatic heterocycles. The maximum atomic E-state index is 13.9. The summed E-state index contributed by atoms with van der Waals surface area (Å²) in [5.41, 5.74) is -1.82. The molecule has 5 rings (SSSR count). The highest BCUT2D eigenvalue weighted by atomic mass is 31.2. The first-order valence-electron chi connectivity index (χ1n) is 13.0. The van der Waals surface area contributed by atoms with Crippen molar-refractivity contribution < 1.29 is 37.7 Å². The summed E-state index contributed by atoms with van der Waals surface area (Å²) in [4.78, 5) is 38.8. The normalized spacial score (nSPS) is 25.7. The Morgan fingerprint density at radius 3 is 2.49 bits per heavy atom. The van der Waals surface area contributed by atoms with Crippen LogP contribution in [0.3, 0.4) is 0 Å². The number of H-pyrrole nitrogens is 1. The molecule has 3 aromatic rings. The fourth-order valence-corrected chi connectivity index (χ4v) is 6.15. The maximum Gasteiger partial charge on any atom is 0.459 e. The topological polar surface area (TPSA) is 167 Å². The molecule has 0 saturated carbocycles. The largest absolute Gasteiger partial charge is 0.460 e. The third-order valence-corrected chi connectivity index (χ3v) is 8.49. The van der Waals surface area contributed by atoms with Crippen molar-refractivity contribution in [1.82, 2.24) is 14.6 Å². The minimum absolute atomic E-state index is 0.0199. The second-order valence-corrected chi connectivity index (χ2v) is 11.4. The van der Waals surface area contributed by atoms with Crippen molar-refractivity contribution in [2.45, 2.75) is 50.0 Å². The van der Waals surface area contributed by atoms with E-state index in [1.165, 1.54) is 13.1 Å². The van der Waals surface area contributed by atoms with Crippen LogP contribution < -0.4 is 20.9 Å². The van der Waals surface area contributed by atoms with E-state index in [0.29, 0.717) is 13.0 Å². The molecular formula is C27H30N3O10P. The number of aromatic nitrogens is 2. The number of carbonyl (C=O) groups is 1. The zero-order valence-electron chi connectivity index (χ0n) is 22.1. The number of esters is 1. The van der Waals surface area contributed by atoms with Crippen LogP contribution in [0.25, 0.3) is 0 Å². The molecule has 218 valence electrons. The lowest BCUT2D eigenvalue weighted by atomic mass is 9.86. The van der Waals surface area contributed by atoms with Crippen molar-refractivity contribution in [1.29, 1.82) is 0 Å². The van der Waals surface area contributed by atoms with Crippen molar-refractivity contribution in [2.24, 2.45) is 0 Å². The van der Waals surface area contributed by atoms with Crippen LogP contribution in [0.15, 0.2) is 82.5 Å². The van der Waals surface area contributed by atoms with E-state index in [-0.39, 0.29) is 12.4 Å². The third-order valence-electron chi connectivity index (χ3n) is 6.85. The molecule has 2 aliphatic rings. The summed E-state index contributed by atoms with van der Waals surface area (Å²) in [7, 11) is -4.26. The molecule has 0 radical (unpaired) electrons. The number of aliphatic hydroxyl groups excluding tert-OH is 1. The van der Waals surface area contributed by atoms with Crippen LogP contribution in [0.4, 0.5) is 0 Å². The van der Waals surface area contributed by atoms with Crippen LogP contribution in [0.1, 0.15) is 25.1 Å². The van der Waals surface area contributed by atoms with E-state index in [0.717, 1.165) is 16.2 Å². The molecule has 0 aliphatic carbocycles. The molecule has 3 heterocycles. The second-order valence-electron chi connectivity index (χ2n) is 9.68. The standard InChI is InChI=1S/C27H30N3O10P/c1-18(24(33)36-16-19-8-4-2-5-9-19)29-41(35,40-20-10-6-3-7-11-20)38-17-21-23(32)27(13-15-37-27)25(39-21)30-14-12-22(31)28-26(30)34/h2-12,14,18,21,23,25,32H,13,15-17H2,1H3,(H,29,35)(H,28,31,34)/t18-,21+,23+,25+,27+,41?/m0/s1. The van der Waals surface area contributed by atoms with E-state index in [1.54, 1.807) is 42.5 Å². The number of nitrogens with zero attached hydrogens (tertiary/aromatic N) is 1. The van der Waals surface area contributed by atoms with Crippen LogP contribution in [0.2, 0.25) is 0 Å². The van der Waals surface area contributed by atoms with E-state index in [2.05, 4.69) is 10.1 Å². The van der Waals surface area contributed by atoms with Crippen LogP contribution in [-0.2, 0) is 34.7 Å². The summed E-state index contributed by atoms with van der Waals surface area (Å²) in [6.45, 7) is 1.34. The molecule has 0 amide bonds. The van der Waals surface area contributed by atoms with Gasteiger partial charge in [-0.05, 0) is 24.6 Å². The SMILES string of the molecule is C[C@H](NP(=O)(OC[C@H]1O[C@@H](n2ccc(=O)[nH]c2=O)[C@@]2(CCO2)[C@@H]1O)Oc1ccccc1)C(=O)OCc1ccccc1. The van der Waals surface area contributed by atoms with Crippen molar-refractivity contribution in [3.8, 4) is 5.75 Å². The highest BCUT2D eigenvalue weighted by Crippen LogP contribution is 2.50. The molecule has 6 atom stereocenters. The van der Waals surface area contributed by atoms with Gasteiger partial charge in [-0.3, -0.25) is 23.7 Å². The predicted molar refractivity (Wildman–Crippen MR) is 144 cm³/mol. The number of nitrogens with one attached hydrogen (secondary N) is 2. The van der Waals surface area contributed by atoms with Crippen LogP contribution in [-0.4, -0.2) is 57.7 Å². The minimum Gasteiger partial charge on any atom is -0.460 e. The highest BCUT2D eigenvalue weighted by Gasteiger charge is 2.62. The molecule has 1 unspecified atom stereocenters. The van der Waals surface area contributed by atoms with Crippen molar-refractivity contribution in [3.05, 3.63) is 99.3 Å². The molecule has 13 nitrogen and oxygen atoms in total. The number of para-hydroxylation sites is 1. The van der Waals surface area contributed by atoms with E-state index in [9.17, 15) is 24.1 Å². The Labute approximate surface area is 234 Å². The summed E-state index contributed by atoms with van der Waals surface area (Å²) in [6, 6.07) is 17.3. The van der Waals surface area contributed by atoms with Crippen LogP contribution >= 0.6 is 7.75 Å². The highest BCUT2D eigenvalue weighted by molar-refractivity contribution is 7.52. The Kier molecular flexibility index (Phi) is 8.55. The lowest BCUT2D eigenvalue weighted by Crippen LogP contribution is -2.57. The summed E-state index contributed by atoms with van der Waals surface area (Å²) in [5.74, 6) is -0.483. The summed E-state index contributed by atoms with van der Waals surface area (Å²) in [6.07, 6.45) is -1.86. The third kappa shape index (κ3) is 6.35. The van der Waals surface area contributed by atoms with Gasteiger partial charge in [0.05, 0.1) is 13.2 Å². The van der Waals surface area contributed by atoms with Gasteiger partial charge in [-0.15, -0.1) is 0 Å². The van der Waals surface area contributed by atoms with Gasteiger partial charge in [0.1, 0.15) is 36.2 Å². The average Bonchev–Trinajstić information content (AvgIpc) is 3.24. The van der Waals surface area contributed by atoms with Gasteiger partial charge in [-0.1, -0.05) is 48.5 Å². The Morgan fingerprint density at radius 2 is 1.85 bits per heavy atom. The molecule has 0 bridgehead atoms. The lowest BCUT2D eigenvalue weighted by molar-refractivity contribution is -0.227. The Balaban J connectivity index is 1.30. The Bertz CT molecular complexity index is 1510. The van der Waals surface area contributed by atoms with Crippen molar-refractivity contribution in [3.63, 3.8) is 0 Å². The van der Waals surface area contributed by atoms with E-state index in [4.69, 9.17) is 23.3 Å². The van der Waals surface area contributed by atoms with Gasteiger partial charge in [0.15, 0.2) is 6.23 Å². The fraction of sp³-hybridized carbons (Fsp3) is 0.370. The number of rotatable bonds is 11. The van der Waals surface area contributed by atoms with E-state index >= 15 is 0 Å². The van der Waals surface area contributed by atoms with Gasteiger partial charge in [0.25, 0.3) is 5.56 Å². The molecule has 3 N–H and O–H groups in total. The monoisotopic (exact) mass is 587 g/mol. The summed E-state index contributed by atoms with van der Waals surface area (Å²) < 4.78 is 43.4. The zero-order chi connectivity index (χ0) is 29.0. The summed E-state index contributed by atoms with van der Waals surface area (Å²) in [5, 5.41) is 13.7. The molecule has 2 fully saturated rings. The first kappa shape index (κ1) is 28.9. The van der Waals surface area contributed by atoms with Gasteiger partial charge < -0.3 is 23.8 Å². The number of benzene rings is 2. The number of ether oxygens (including phenoxy) is 3. The summed E-state index contributed by atoms with van der Waals surface area (Å²) >= 11 is 0. The van der Waals surface area contributed by atoms with Gasteiger partial charge in [0, 0.05) is 18.7 Å². The van der Waals surface area contributed by atoms with Crippen LogP contribution in [0.5, 0.6) is 5.75 Å². The Morgan fingerprint density at radius 1 is 1.17 bits per heavy atom. The second kappa shape index (κ2) is 12.1. The van der Waals surface area contributed by atoms with Gasteiger partial charge in [-0.25, -0.2) is 9.36 Å². The predicted octanol–water partition coefficient (Wildman–Crippen LogP) is 1.88.